The lowest BCUT2D eigenvalue weighted by atomic mass is 10.0. The first-order valence-electron chi connectivity index (χ1n) is 6.05. The van der Waals surface area contributed by atoms with Crippen LogP contribution in [0.4, 0.5) is 5.69 Å². The van der Waals surface area contributed by atoms with E-state index >= 15 is 0 Å². The lowest BCUT2D eigenvalue weighted by Gasteiger charge is -2.07. The predicted octanol–water partition coefficient (Wildman–Crippen LogP) is 3.02. The van der Waals surface area contributed by atoms with Crippen LogP contribution in [-0.2, 0) is 0 Å². The molecular formula is C15H11NO5. The van der Waals surface area contributed by atoms with Crippen LogP contribution in [0.2, 0.25) is 0 Å². The molecular weight excluding hydrogens is 274 g/mol. The molecule has 0 saturated heterocycles. The van der Waals surface area contributed by atoms with Crippen LogP contribution in [0.25, 0.3) is 0 Å². The Kier molecular flexibility index (Phi) is 4.08. The Bertz CT molecular complexity index is 706. The molecule has 0 aliphatic heterocycles. The molecule has 0 spiro atoms. The zero-order valence-corrected chi connectivity index (χ0v) is 11.1. The zero-order chi connectivity index (χ0) is 15.4. The summed E-state index contributed by atoms with van der Waals surface area (Å²) < 4.78 is 5.11. The van der Waals surface area contributed by atoms with Crippen LogP contribution in [0.15, 0.2) is 48.5 Å². The van der Waals surface area contributed by atoms with Crippen molar-refractivity contribution in [3.8, 4) is 5.75 Å². The fraction of sp³-hybridized carbons (Fsp3) is 0.0667. The van der Waals surface area contributed by atoms with Gasteiger partial charge in [-0.15, -0.1) is 0 Å². The van der Waals surface area contributed by atoms with Crippen molar-refractivity contribution in [2.45, 2.75) is 6.92 Å². The highest BCUT2D eigenvalue weighted by molar-refractivity contribution is 6.05. The van der Waals surface area contributed by atoms with Crippen molar-refractivity contribution in [1.29, 1.82) is 0 Å². The van der Waals surface area contributed by atoms with Gasteiger partial charge in [0.2, 0.25) is 0 Å². The fourth-order valence-electron chi connectivity index (χ4n) is 1.77. The smallest absolute Gasteiger partial charge is 0.344 e. The molecule has 6 nitrogen and oxygen atoms in total. The number of hydrogen-bond acceptors (Lipinski definition) is 5. The van der Waals surface area contributed by atoms with Gasteiger partial charge in [-0.05, 0) is 25.1 Å². The number of benzene rings is 2. The van der Waals surface area contributed by atoms with E-state index in [4.69, 9.17) is 4.74 Å². The third-order valence-corrected chi connectivity index (χ3v) is 2.78. The van der Waals surface area contributed by atoms with Gasteiger partial charge >= 0.3 is 5.97 Å². The van der Waals surface area contributed by atoms with Gasteiger partial charge in [-0.2, -0.15) is 0 Å². The van der Waals surface area contributed by atoms with Crippen LogP contribution in [0.1, 0.15) is 27.6 Å². The number of nitrogens with zero attached hydrogens (tertiary/aromatic N) is 1. The molecule has 0 saturated carbocycles. The molecule has 0 radical (unpaired) electrons. The van der Waals surface area contributed by atoms with Crippen LogP contribution < -0.4 is 4.74 Å². The number of carbonyl (C=O) groups is 2. The van der Waals surface area contributed by atoms with Gasteiger partial charge in [-0.1, -0.05) is 18.2 Å². The second-order valence-corrected chi connectivity index (χ2v) is 4.24. The van der Waals surface area contributed by atoms with Gasteiger partial charge in [0.05, 0.1) is 10.5 Å². The van der Waals surface area contributed by atoms with Gasteiger partial charge in [0.15, 0.2) is 5.78 Å². The maximum atomic E-state index is 12.0. The molecule has 0 aromatic heterocycles. The maximum Gasteiger partial charge on any atom is 0.344 e. The summed E-state index contributed by atoms with van der Waals surface area (Å²) in [4.78, 5) is 33.5. The van der Waals surface area contributed by atoms with Crippen LogP contribution in [0, 0.1) is 10.1 Å². The van der Waals surface area contributed by atoms with Gasteiger partial charge in [0.1, 0.15) is 5.75 Å². The largest absolute Gasteiger partial charge is 0.423 e. The van der Waals surface area contributed by atoms with Crippen molar-refractivity contribution in [3.05, 3.63) is 69.8 Å². The van der Waals surface area contributed by atoms with Gasteiger partial charge in [0.25, 0.3) is 5.69 Å². The zero-order valence-electron chi connectivity index (χ0n) is 11.1. The third kappa shape index (κ3) is 3.30. The summed E-state index contributed by atoms with van der Waals surface area (Å²) in [7, 11) is 0. The van der Waals surface area contributed by atoms with E-state index in [1.165, 1.54) is 43.3 Å². The molecule has 2 rings (SSSR count). The minimum absolute atomic E-state index is 0.0982. The summed E-state index contributed by atoms with van der Waals surface area (Å²) in [6, 6.07) is 11.4. The molecule has 0 N–H and O–H groups in total. The Balaban J connectivity index is 2.22. The molecule has 0 aliphatic rings. The second-order valence-electron chi connectivity index (χ2n) is 4.24. The Morgan fingerprint density at radius 2 is 1.57 bits per heavy atom. The van der Waals surface area contributed by atoms with Crippen molar-refractivity contribution < 1.29 is 19.2 Å². The van der Waals surface area contributed by atoms with E-state index in [1.54, 1.807) is 12.1 Å². The van der Waals surface area contributed by atoms with Crippen molar-refractivity contribution >= 4 is 17.4 Å². The fourth-order valence-corrected chi connectivity index (χ4v) is 1.77. The van der Waals surface area contributed by atoms with Crippen molar-refractivity contribution in [2.75, 3.05) is 0 Å². The molecule has 0 amide bonds. The first kappa shape index (κ1) is 14.4. The molecule has 21 heavy (non-hydrogen) atoms. The summed E-state index contributed by atoms with van der Waals surface area (Å²) >= 11 is 0. The van der Waals surface area contributed by atoms with Crippen LogP contribution >= 0.6 is 0 Å². The highest BCUT2D eigenvalue weighted by atomic mass is 16.6. The molecule has 0 bridgehead atoms. The number of nitro benzene ring substituents is 1. The summed E-state index contributed by atoms with van der Waals surface area (Å²) in [6.45, 7) is 1.36. The van der Waals surface area contributed by atoms with Gasteiger partial charge in [0, 0.05) is 17.7 Å². The average Bonchev–Trinajstić information content (AvgIpc) is 2.47. The first-order chi connectivity index (χ1) is 9.99. The molecule has 0 unspecified atom stereocenters. The van der Waals surface area contributed by atoms with Crippen LogP contribution in [-0.4, -0.2) is 16.7 Å². The second kappa shape index (κ2) is 5.96. The number of carbonyl (C=O) groups excluding carboxylic acids is 2. The van der Waals surface area contributed by atoms with E-state index in [2.05, 4.69) is 0 Å². The molecule has 2 aromatic rings. The summed E-state index contributed by atoms with van der Waals surface area (Å²) in [5.41, 5.74) is 0.326. The lowest BCUT2D eigenvalue weighted by molar-refractivity contribution is -0.384. The minimum Gasteiger partial charge on any atom is -0.423 e. The molecule has 6 heteroatoms. The Hall–Kier alpha value is -3.02. The average molecular weight is 285 g/mol. The first-order valence-corrected chi connectivity index (χ1v) is 6.05. The number of esters is 1. The number of nitro groups is 1. The number of Topliss-reactive ketones (excluding diaryl/α,β-unsaturated/α-hetero) is 1. The third-order valence-electron chi connectivity index (χ3n) is 2.78. The number of hydrogen-bond donors (Lipinski definition) is 0. The highest BCUT2D eigenvalue weighted by Gasteiger charge is 2.16. The quantitative estimate of drug-likeness (QED) is 0.283. The van der Waals surface area contributed by atoms with Gasteiger partial charge in [-0.3, -0.25) is 14.9 Å². The Morgan fingerprint density at radius 3 is 2.10 bits per heavy atom. The lowest BCUT2D eigenvalue weighted by Crippen LogP contribution is -2.13. The number of rotatable bonds is 4. The number of ketones is 1. The number of ether oxygens (including phenoxy) is 1. The van der Waals surface area contributed by atoms with Crippen molar-refractivity contribution in [1.82, 2.24) is 0 Å². The summed E-state index contributed by atoms with van der Waals surface area (Å²) in [6.07, 6.45) is 0. The van der Waals surface area contributed by atoms with E-state index < -0.39 is 10.9 Å². The maximum absolute atomic E-state index is 12.0. The van der Waals surface area contributed by atoms with Gasteiger partial charge < -0.3 is 4.74 Å². The van der Waals surface area contributed by atoms with E-state index in [0.29, 0.717) is 0 Å². The van der Waals surface area contributed by atoms with E-state index in [0.717, 1.165) is 0 Å². The summed E-state index contributed by atoms with van der Waals surface area (Å²) in [5, 5.41) is 10.5. The van der Waals surface area contributed by atoms with E-state index in [1.807, 2.05) is 0 Å². The van der Waals surface area contributed by atoms with Crippen molar-refractivity contribution in [2.24, 2.45) is 0 Å². The molecule has 0 atom stereocenters. The normalized spacial score (nSPS) is 9.95. The SMILES string of the molecule is CC(=O)c1ccccc1C(=O)Oc1ccc([N+](=O)[O-])cc1. The molecule has 0 aliphatic carbocycles. The highest BCUT2D eigenvalue weighted by Crippen LogP contribution is 2.19. The summed E-state index contributed by atoms with van der Waals surface area (Å²) in [5.74, 6) is -0.759. The van der Waals surface area contributed by atoms with Crippen LogP contribution in [0.5, 0.6) is 5.75 Å². The molecule has 106 valence electrons. The Labute approximate surface area is 120 Å². The van der Waals surface area contributed by atoms with Crippen molar-refractivity contribution in [3.63, 3.8) is 0 Å². The minimum atomic E-state index is -0.686. The Morgan fingerprint density at radius 1 is 1.00 bits per heavy atom. The van der Waals surface area contributed by atoms with E-state index in [9.17, 15) is 19.7 Å². The molecule has 0 fully saturated rings. The predicted molar refractivity (Wildman–Crippen MR) is 74.5 cm³/mol. The monoisotopic (exact) mass is 285 g/mol. The molecule has 2 aromatic carbocycles. The van der Waals surface area contributed by atoms with Gasteiger partial charge in [-0.25, -0.2) is 4.79 Å². The number of non-ortho nitro benzene ring substituents is 1. The molecule has 0 heterocycles. The topological polar surface area (TPSA) is 86.5 Å². The van der Waals surface area contributed by atoms with E-state index in [-0.39, 0.29) is 28.3 Å². The van der Waals surface area contributed by atoms with Crippen LogP contribution in [0.3, 0.4) is 0 Å². The standard InChI is InChI=1S/C15H11NO5/c1-10(17)13-4-2-3-5-14(13)15(18)21-12-8-6-11(7-9-12)16(19)20/h2-9H,1H3.